The van der Waals surface area contributed by atoms with Crippen LogP contribution >= 0.6 is 15.9 Å². The molecule has 2 heterocycles. The number of carbonyl (C=O) groups excluding carboxylic acids is 1. The highest BCUT2D eigenvalue weighted by Gasteiger charge is 2.35. The van der Waals surface area contributed by atoms with E-state index in [9.17, 15) is 4.79 Å². The molecule has 1 aliphatic heterocycles. The molecular formula is C16H26BrN5O. The summed E-state index contributed by atoms with van der Waals surface area (Å²) in [6.45, 7) is 11.1. The van der Waals surface area contributed by atoms with E-state index >= 15 is 0 Å². The van der Waals surface area contributed by atoms with Crippen LogP contribution < -0.4 is 10.7 Å². The average Bonchev–Trinajstić information content (AvgIpc) is 2.70. The smallest absolute Gasteiger partial charge is 0.241 e. The average molecular weight is 384 g/mol. The van der Waals surface area contributed by atoms with Gasteiger partial charge in [-0.1, -0.05) is 0 Å². The molecule has 128 valence electrons. The molecule has 0 unspecified atom stereocenters. The third-order valence-electron chi connectivity index (χ3n) is 3.76. The standard InChI is InChI=1S/C16H26BrN5O/c1-11-13(17)10-22(20-11)7-6-14(23)19-18-12-8-15(2,3)21-16(4,5)9-12/h10,21H,6-9H2,1-5H3,(H,19,23). The lowest BCUT2D eigenvalue weighted by Gasteiger charge is -2.43. The van der Waals surface area contributed by atoms with Crippen molar-refractivity contribution in [2.45, 2.75) is 71.5 Å². The topological polar surface area (TPSA) is 71.3 Å². The second-order valence-electron chi connectivity index (χ2n) is 7.53. The van der Waals surface area contributed by atoms with Gasteiger partial charge in [-0.05, 0) is 50.5 Å². The van der Waals surface area contributed by atoms with Gasteiger partial charge in [-0.3, -0.25) is 9.48 Å². The van der Waals surface area contributed by atoms with Crippen molar-refractivity contribution in [2.75, 3.05) is 0 Å². The molecule has 0 saturated carbocycles. The third kappa shape index (κ3) is 5.42. The van der Waals surface area contributed by atoms with Gasteiger partial charge >= 0.3 is 0 Å². The zero-order valence-corrected chi connectivity index (χ0v) is 16.1. The minimum atomic E-state index is -0.0871. The van der Waals surface area contributed by atoms with Crippen molar-refractivity contribution in [3.8, 4) is 0 Å². The van der Waals surface area contributed by atoms with Crippen molar-refractivity contribution in [1.29, 1.82) is 0 Å². The van der Waals surface area contributed by atoms with E-state index < -0.39 is 0 Å². The number of carbonyl (C=O) groups is 1. The first kappa shape index (κ1) is 18.1. The maximum absolute atomic E-state index is 12.0. The highest BCUT2D eigenvalue weighted by molar-refractivity contribution is 9.10. The number of hydrogen-bond acceptors (Lipinski definition) is 4. The van der Waals surface area contributed by atoms with Crippen LogP contribution in [-0.4, -0.2) is 32.5 Å². The fraction of sp³-hybridized carbons (Fsp3) is 0.688. The van der Waals surface area contributed by atoms with E-state index in [2.05, 4.69) is 64.6 Å². The van der Waals surface area contributed by atoms with Gasteiger partial charge in [0.1, 0.15) is 0 Å². The Balaban J connectivity index is 1.87. The van der Waals surface area contributed by atoms with Crippen molar-refractivity contribution < 1.29 is 4.79 Å². The Morgan fingerprint density at radius 2 is 2.00 bits per heavy atom. The van der Waals surface area contributed by atoms with Crippen LogP contribution in [0.5, 0.6) is 0 Å². The minimum Gasteiger partial charge on any atom is -0.306 e. The molecule has 0 spiro atoms. The van der Waals surface area contributed by atoms with Gasteiger partial charge in [0, 0.05) is 48.8 Å². The van der Waals surface area contributed by atoms with E-state index in [0.29, 0.717) is 13.0 Å². The predicted molar refractivity (Wildman–Crippen MR) is 95.4 cm³/mol. The first-order valence-corrected chi connectivity index (χ1v) is 8.69. The summed E-state index contributed by atoms with van der Waals surface area (Å²) in [5, 5.41) is 12.3. The Kier molecular flexibility index (Phi) is 5.30. The molecule has 23 heavy (non-hydrogen) atoms. The number of piperidine rings is 1. The van der Waals surface area contributed by atoms with Crippen molar-refractivity contribution in [1.82, 2.24) is 20.5 Å². The van der Waals surface area contributed by atoms with Crippen LogP contribution in [0.2, 0.25) is 0 Å². The maximum atomic E-state index is 12.0. The molecule has 2 rings (SSSR count). The Hall–Kier alpha value is -1.21. The zero-order valence-electron chi connectivity index (χ0n) is 14.5. The third-order valence-corrected chi connectivity index (χ3v) is 4.54. The number of nitrogens with one attached hydrogen (secondary N) is 2. The number of amides is 1. The van der Waals surface area contributed by atoms with Crippen molar-refractivity contribution in [2.24, 2.45) is 5.10 Å². The number of aromatic nitrogens is 2. The van der Waals surface area contributed by atoms with E-state index in [0.717, 1.165) is 28.7 Å². The van der Waals surface area contributed by atoms with Gasteiger partial charge in [0.2, 0.25) is 5.91 Å². The fourth-order valence-corrected chi connectivity index (χ4v) is 3.50. The van der Waals surface area contributed by atoms with Crippen molar-refractivity contribution >= 4 is 27.5 Å². The second-order valence-corrected chi connectivity index (χ2v) is 8.39. The normalized spacial score (nSPS) is 19.5. The minimum absolute atomic E-state index is 0.00975. The molecule has 1 saturated heterocycles. The molecule has 1 amide bonds. The summed E-state index contributed by atoms with van der Waals surface area (Å²) in [6, 6.07) is 0. The quantitative estimate of drug-likeness (QED) is 0.785. The van der Waals surface area contributed by atoms with Gasteiger partial charge in [0.05, 0.1) is 10.2 Å². The van der Waals surface area contributed by atoms with Gasteiger partial charge in [0.25, 0.3) is 0 Å². The maximum Gasteiger partial charge on any atom is 0.241 e. The number of hydrogen-bond donors (Lipinski definition) is 2. The van der Waals surface area contributed by atoms with Crippen LogP contribution in [0.25, 0.3) is 0 Å². The lowest BCUT2D eigenvalue weighted by Crippen LogP contribution is -2.58. The van der Waals surface area contributed by atoms with E-state index in [1.807, 2.05) is 13.1 Å². The zero-order chi connectivity index (χ0) is 17.3. The molecule has 1 fully saturated rings. The molecule has 1 aromatic rings. The molecule has 6 nitrogen and oxygen atoms in total. The lowest BCUT2D eigenvalue weighted by molar-refractivity contribution is -0.121. The van der Waals surface area contributed by atoms with Gasteiger partial charge in [-0.2, -0.15) is 10.2 Å². The van der Waals surface area contributed by atoms with Gasteiger partial charge in [0.15, 0.2) is 0 Å². The number of aryl methyl sites for hydroxylation is 2. The molecule has 2 N–H and O–H groups in total. The fourth-order valence-electron chi connectivity index (χ4n) is 3.19. The summed E-state index contributed by atoms with van der Waals surface area (Å²) in [5.41, 5.74) is 4.62. The lowest BCUT2D eigenvalue weighted by atomic mass is 9.81. The summed E-state index contributed by atoms with van der Waals surface area (Å²) < 4.78 is 2.72. The van der Waals surface area contributed by atoms with Crippen LogP contribution in [0.3, 0.4) is 0 Å². The highest BCUT2D eigenvalue weighted by Crippen LogP contribution is 2.26. The summed E-state index contributed by atoms with van der Waals surface area (Å²) in [4.78, 5) is 12.0. The number of rotatable bonds is 4. The molecule has 0 aromatic carbocycles. The molecule has 1 aromatic heterocycles. The van der Waals surface area contributed by atoms with Gasteiger partial charge in [-0.25, -0.2) is 5.43 Å². The summed E-state index contributed by atoms with van der Waals surface area (Å²) in [5.74, 6) is -0.0871. The molecule has 7 heteroatoms. The highest BCUT2D eigenvalue weighted by atomic mass is 79.9. The Labute approximate surface area is 146 Å². The first-order chi connectivity index (χ1) is 10.6. The van der Waals surface area contributed by atoms with Crippen LogP contribution in [-0.2, 0) is 11.3 Å². The largest absolute Gasteiger partial charge is 0.306 e. The van der Waals surface area contributed by atoms with Crippen LogP contribution in [0, 0.1) is 6.92 Å². The molecular weight excluding hydrogens is 358 g/mol. The molecule has 0 radical (unpaired) electrons. The van der Waals surface area contributed by atoms with Crippen LogP contribution in [0.1, 0.15) is 52.7 Å². The number of nitrogens with zero attached hydrogens (tertiary/aromatic N) is 3. The van der Waals surface area contributed by atoms with Crippen LogP contribution in [0.15, 0.2) is 15.8 Å². The van der Waals surface area contributed by atoms with Gasteiger partial charge in [-0.15, -0.1) is 0 Å². The van der Waals surface area contributed by atoms with E-state index in [4.69, 9.17) is 0 Å². The van der Waals surface area contributed by atoms with E-state index in [1.54, 1.807) is 4.68 Å². The van der Waals surface area contributed by atoms with Crippen LogP contribution in [0.4, 0.5) is 0 Å². The predicted octanol–water partition coefficient (Wildman–Crippen LogP) is 2.76. The molecule has 0 atom stereocenters. The second kappa shape index (κ2) is 6.73. The molecule has 0 aliphatic carbocycles. The summed E-state index contributed by atoms with van der Waals surface area (Å²) in [6.07, 6.45) is 3.91. The monoisotopic (exact) mass is 383 g/mol. The molecule has 0 bridgehead atoms. The Bertz CT molecular complexity index is 580. The van der Waals surface area contributed by atoms with E-state index in [-0.39, 0.29) is 17.0 Å². The Morgan fingerprint density at radius 1 is 1.39 bits per heavy atom. The van der Waals surface area contributed by atoms with Crippen molar-refractivity contribution in [3.05, 3.63) is 16.4 Å². The number of halogens is 1. The molecule has 1 aliphatic rings. The van der Waals surface area contributed by atoms with Gasteiger partial charge < -0.3 is 5.32 Å². The SMILES string of the molecule is Cc1nn(CCC(=O)NN=C2CC(C)(C)NC(C)(C)C2)cc1Br. The van der Waals surface area contributed by atoms with Crippen molar-refractivity contribution in [3.63, 3.8) is 0 Å². The first-order valence-electron chi connectivity index (χ1n) is 7.89. The Morgan fingerprint density at radius 3 is 2.52 bits per heavy atom. The summed E-state index contributed by atoms with van der Waals surface area (Å²) >= 11 is 3.42. The summed E-state index contributed by atoms with van der Waals surface area (Å²) in [7, 11) is 0. The van der Waals surface area contributed by atoms with E-state index in [1.165, 1.54) is 0 Å². The number of hydrazone groups is 1.